The Morgan fingerprint density at radius 1 is 1.41 bits per heavy atom. The molecule has 0 fully saturated rings. The number of aliphatic carboxylic acids is 1. The van der Waals surface area contributed by atoms with Crippen LogP contribution in [0.5, 0.6) is 0 Å². The molecule has 1 aromatic heterocycles. The summed E-state index contributed by atoms with van der Waals surface area (Å²) in [5.41, 5.74) is 11.6. The molecule has 7 nitrogen and oxygen atoms in total. The number of nitrogen functional groups attached to an aromatic ring is 2. The van der Waals surface area contributed by atoms with Crippen LogP contribution in [0, 0.1) is 0 Å². The Kier molecular flexibility index (Phi) is 4.27. The molecule has 0 amide bonds. The zero-order chi connectivity index (χ0) is 12.8. The highest BCUT2D eigenvalue weighted by atomic mass is 16.5. The van der Waals surface area contributed by atoms with Crippen LogP contribution in [0.3, 0.4) is 0 Å². The van der Waals surface area contributed by atoms with Gasteiger partial charge in [-0.15, -0.1) is 0 Å². The molecule has 0 atom stereocenters. The minimum atomic E-state index is -1.03. The van der Waals surface area contributed by atoms with Gasteiger partial charge in [-0.2, -0.15) is 0 Å². The lowest BCUT2D eigenvalue weighted by molar-refractivity contribution is -0.136. The van der Waals surface area contributed by atoms with Gasteiger partial charge in [0.05, 0.1) is 25.0 Å². The van der Waals surface area contributed by atoms with Gasteiger partial charge in [0.2, 0.25) is 0 Å². The first-order chi connectivity index (χ1) is 8.04. The lowest BCUT2D eigenvalue weighted by Gasteiger charge is -2.05. The summed E-state index contributed by atoms with van der Waals surface area (Å²) in [5.74, 6) is -0.874. The quantitative estimate of drug-likeness (QED) is 0.629. The van der Waals surface area contributed by atoms with E-state index in [4.69, 9.17) is 21.3 Å². The van der Waals surface area contributed by atoms with E-state index in [9.17, 15) is 4.79 Å². The Bertz CT molecular complexity index is 445. The van der Waals surface area contributed by atoms with Gasteiger partial charge in [-0.3, -0.25) is 4.79 Å². The summed E-state index contributed by atoms with van der Waals surface area (Å²) in [6.07, 6.45) is 2.63. The van der Waals surface area contributed by atoms with Crippen molar-refractivity contribution < 1.29 is 14.6 Å². The SMILES string of the molecule is CCO/C=C/c1nc(CC(=O)O)c(N)nc1N. The van der Waals surface area contributed by atoms with Crippen molar-refractivity contribution >= 4 is 23.7 Å². The summed E-state index contributed by atoms with van der Waals surface area (Å²) in [4.78, 5) is 18.4. The van der Waals surface area contributed by atoms with Crippen molar-refractivity contribution in [2.75, 3.05) is 18.1 Å². The van der Waals surface area contributed by atoms with Crippen LogP contribution in [-0.4, -0.2) is 27.7 Å². The zero-order valence-electron chi connectivity index (χ0n) is 9.38. The van der Waals surface area contributed by atoms with Gasteiger partial charge in [0.15, 0.2) is 5.82 Å². The van der Waals surface area contributed by atoms with Gasteiger partial charge in [-0.25, -0.2) is 9.97 Å². The van der Waals surface area contributed by atoms with Crippen LogP contribution in [0.25, 0.3) is 6.08 Å². The molecular weight excluding hydrogens is 224 g/mol. The van der Waals surface area contributed by atoms with Gasteiger partial charge < -0.3 is 21.3 Å². The molecule has 1 heterocycles. The van der Waals surface area contributed by atoms with Gasteiger partial charge in [0.25, 0.3) is 0 Å². The summed E-state index contributed by atoms with van der Waals surface area (Å²) in [6.45, 7) is 2.35. The van der Waals surface area contributed by atoms with Crippen molar-refractivity contribution in [3.63, 3.8) is 0 Å². The predicted molar refractivity (Wildman–Crippen MR) is 62.9 cm³/mol. The van der Waals surface area contributed by atoms with Crippen LogP contribution in [0.1, 0.15) is 18.3 Å². The second-order valence-corrected chi connectivity index (χ2v) is 3.15. The molecule has 0 saturated carbocycles. The van der Waals surface area contributed by atoms with E-state index in [1.165, 1.54) is 12.3 Å². The number of carbonyl (C=O) groups is 1. The van der Waals surface area contributed by atoms with Crippen LogP contribution in [-0.2, 0) is 16.0 Å². The lowest BCUT2D eigenvalue weighted by atomic mass is 10.2. The second-order valence-electron chi connectivity index (χ2n) is 3.15. The highest BCUT2D eigenvalue weighted by molar-refractivity contribution is 5.72. The van der Waals surface area contributed by atoms with Crippen molar-refractivity contribution in [2.45, 2.75) is 13.3 Å². The number of hydrogen-bond donors (Lipinski definition) is 3. The summed E-state index contributed by atoms with van der Waals surface area (Å²) in [7, 11) is 0. The normalized spacial score (nSPS) is 10.6. The number of nitrogens with zero attached hydrogens (tertiary/aromatic N) is 2. The van der Waals surface area contributed by atoms with E-state index in [1.807, 2.05) is 6.92 Å². The zero-order valence-corrected chi connectivity index (χ0v) is 9.38. The molecule has 0 saturated heterocycles. The number of ether oxygens (including phenoxy) is 1. The number of carboxylic acids is 1. The highest BCUT2D eigenvalue weighted by Crippen LogP contribution is 2.14. The summed E-state index contributed by atoms with van der Waals surface area (Å²) in [6, 6.07) is 0. The minimum absolute atomic E-state index is 0.0264. The fourth-order valence-electron chi connectivity index (χ4n) is 1.12. The van der Waals surface area contributed by atoms with Gasteiger partial charge in [0, 0.05) is 6.08 Å². The Morgan fingerprint density at radius 3 is 2.71 bits per heavy atom. The fraction of sp³-hybridized carbons (Fsp3) is 0.300. The monoisotopic (exact) mass is 238 g/mol. The third-order valence-corrected chi connectivity index (χ3v) is 1.86. The van der Waals surface area contributed by atoms with Crippen molar-refractivity contribution in [2.24, 2.45) is 0 Å². The first-order valence-corrected chi connectivity index (χ1v) is 4.96. The molecule has 1 aromatic rings. The maximum Gasteiger partial charge on any atom is 0.309 e. The smallest absolute Gasteiger partial charge is 0.309 e. The number of carboxylic acid groups (broad SMARTS) is 1. The van der Waals surface area contributed by atoms with Crippen LogP contribution in [0.2, 0.25) is 0 Å². The number of rotatable bonds is 5. The largest absolute Gasteiger partial charge is 0.501 e. The van der Waals surface area contributed by atoms with E-state index in [2.05, 4.69) is 9.97 Å². The van der Waals surface area contributed by atoms with E-state index in [-0.39, 0.29) is 23.8 Å². The molecule has 1 rings (SSSR count). The van der Waals surface area contributed by atoms with Crippen LogP contribution in [0.15, 0.2) is 6.26 Å². The summed E-state index contributed by atoms with van der Waals surface area (Å²) >= 11 is 0. The van der Waals surface area contributed by atoms with Crippen molar-refractivity contribution in [3.8, 4) is 0 Å². The molecule has 5 N–H and O–H groups in total. The fourth-order valence-corrected chi connectivity index (χ4v) is 1.12. The molecule has 0 aliphatic carbocycles. The molecule has 0 aromatic carbocycles. The maximum atomic E-state index is 10.6. The molecule has 7 heteroatoms. The van der Waals surface area contributed by atoms with Crippen molar-refractivity contribution in [1.29, 1.82) is 0 Å². The third kappa shape index (κ3) is 3.63. The Hall–Kier alpha value is -2.31. The maximum absolute atomic E-state index is 10.6. The molecule has 17 heavy (non-hydrogen) atoms. The number of hydrogen-bond acceptors (Lipinski definition) is 6. The molecule has 0 radical (unpaired) electrons. The molecule has 0 spiro atoms. The summed E-state index contributed by atoms with van der Waals surface area (Å²) < 4.78 is 4.99. The first kappa shape index (κ1) is 12.8. The topological polar surface area (TPSA) is 124 Å². The molecular formula is C10H14N4O3. The van der Waals surface area contributed by atoms with E-state index in [0.29, 0.717) is 12.3 Å². The van der Waals surface area contributed by atoms with E-state index in [1.54, 1.807) is 0 Å². The summed E-state index contributed by atoms with van der Waals surface area (Å²) in [5, 5.41) is 8.67. The van der Waals surface area contributed by atoms with Gasteiger partial charge in [-0.05, 0) is 6.92 Å². The Labute approximate surface area is 98.1 Å². The van der Waals surface area contributed by atoms with Crippen molar-refractivity contribution in [3.05, 3.63) is 17.6 Å². The van der Waals surface area contributed by atoms with Crippen molar-refractivity contribution in [1.82, 2.24) is 9.97 Å². The third-order valence-electron chi connectivity index (χ3n) is 1.86. The first-order valence-electron chi connectivity index (χ1n) is 4.96. The van der Waals surface area contributed by atoms with Gasteiger partial charge in [0.1, 0.15) is 11.5 Å². The molecule has 0 unspecified atom stereocenters. The Morgan fingerprint density at radius 2 is 2.12 bits per heavy atom. The average Bonchev–Trinajstić information content (AvgIpc) is 2.24. The number of anilines is 2. The van der Waals surface area contributed by atoms with Gasteiger partial charge >= 0.3 is 5.97 Å². The number of aromatic nitrogens is 2. The standard InChI is InChI=1S/C10H14N4O3/c1-2-17-4-3-6-9(11)14-10(12)7(13-6)5-8(15)16/h3-4H,2,5H2,1H3,(H,15,16)(H4,11,12,14)/b4-3+. The minimum Gasteiger partial charge on any atom is -0.501 e. The number of nitrogens with two attached hydrogens (primary N) is 2. The van der Waals surface area contributed by atoms with Crippen LogP contribution in [0.4, 0.5) is 11.6 Å². The van der Waals surface area contributed by atoms with E-state index >= 15 is 0 Å². The lowest BCUT2D eigenvalue weighted by Crippen LogP contribution is -2.11. The van der Waals surface area contributed by atoms with Gasteiger partial charge in [-0.1, -0.05) is 0 Å². The average molecular weight is 238 g/mol. The molecule has 92 valence electrons. The van der Waals surface area contributed by atoms with Crippen LogP contribution >= 0.6 is 0 Å². The Balaban J connectivity index is 3.01. The molecule has 0 aliphatic heterocycles. The highest BCUT2D eigenvalue weighted by Gasteiger charge is 2.11. The van der Waals surface area contributed by atoms with E-state index < -0.39 is 5.97 Å². The second kappa shape index (κ2) is 5.69. The van der Waals surface area contributed by atoms with Crippen LogP contribution < -0.4 is 11.5 Å². The predicted octanol–water partition coefficient (Wildman–Crippen LogP) is 0.275. The molecule has 0 bridgehead atoms. The molecule has 0 aliphatic rings. The van der Waals surface area contributed by atoms with E-state index in [0.717, 1.165) is 0 Å².